The number of carbonyl (C=O) groups is 2. The number of morpholine rings is 1. The minimum Gasteiger partial charge on any atom is -0.507 e. The van der Waals surface area contributed by atoms with E-state index in [1.807, 2.05) is 19.1 Å². The van der Waals surface area contributed by atoms with Crippen LogP contribution >= 0.6 is 0 Å². The average Bonchev–Trinajstić information content (AvgIpc) is 3.35. The Morgan fingerprint density at radius 2 is 1.83 bits per heavy atom. The average molecular weight is 396 g/mol. The van der Waals surface area contributed by atoms with Crippen molar-refractivity contribution in [2.24, 2.45) is 0 Å². The number of carbonyl (C=O) groups excluding carboxylic acids is 2. The van der Waals surface area contributed by atoms with Gasteiger partial charge in [-0.15, -0.1) is 0 Å². The van der Waals surface area contributed by atoms with Gasteiger partial charge in [0.2, 0.25) is 0 Å². The highest BCUT2D eigenvalue weighted by atomic mass is 16.5. The Balaban J connectivity index is 1.68. The molecule has 0 aliphatic carbocycles. The van der Waals surface area contributed by atoms with Crippen molar-refractivity contribution in [3.05, 3.63) is 65.1 Å². The zero-order valence-electron chi connectivity index (χ0n) is 16.3. The van der Waals surface area contributed by atoms with Gasteiger partial charge in [-0.2, -0.15) is 0 Å². The third-order valence-electron chi connectivity index (χ3n) is 5.44. The normalized spacial score (nSPS) is 22.4. The molecule has 1 aromatic carbocycles. The van der Waals surface area contributed by atoms with Crippen molar-refractivity contribution in [2.45, 2.75) is 13.0 Å². The first kappa shape index (κ1) is 19.4. The van der Waals surface area contributed by atoms with Gasteiger partial charge < -0.3 is 19.2 Å². The number of hydrogen-bond donors (Lipinski definition) is 1. The highest BCUT2D eigenvalue weighted by molar-refractivity contribution is 6.46. The Morgan fingerprint density at radius 3 is 2.48 bits per heavy atom. The van der Waals surface area contributed by atoms with Crippen LogP contribution in [0, 0.1) is 6.92 Å². The molecule has 2 aliphatic heterocycles. The van der Waals surface area contributed by atoms with Crippen molar-refractivity contribution < 1.29 is 23.8 Å². The van der Waals surface area contributed by atoms with Gasteiger partial charge in [0.15, 0.2) is 0 Å². The van der Waals surface area contributed by atoms with Crippen LogP contribution in [0.1, 0.15) is 22.9 Å². The fourth-order valence-corrected chi connectivity index (χ4v) is 3.79. The summed E-state index contributed by atoms with van der Waals surface area (Å²) in [5.74, 6) is -1.03. The predicted molar refractivity (Wildman–Crippen MR) is 106 cm³/mol. The van der Waals surface area contributed by atoms with E-state index in [9.17, 15) is 14.7 Å². The Morgan fingerprint density at radius 1 is 1.10 bits per heavy atom. The third kappa shape index (κ3) is 3.83. The fourth-order valence-electron chi connectivity index (χ4n) is 3.79. The molecule has 3 heterocycles. The third-order valence-corrected chi connectivity index (χ3v) is 5.44. The first-order valence-electron chi connectivity index (χ1n) is 9.75. The lowest BCUT2D eigenvalue weighted by Gasteiger charge is -2.30. The molecule has 2 aromatic rings. The Kier molecular flexibility index (Phi) is 5.51. The van der Waals surface area contributed by atoms with E-state index in [1.54, 1.807) is 24.3 Å². The van der Waals surface area contributed by atoms with Crippen molar-refractivity contribution >= 4 is 17.4 Å². The zero-order chi connectivity index (χ0) is 20.4. The summed E-state index contributed by atoms with van der Waals surface area (Å²) in [6.45, 7) is 5.83. The van der Waals surface area contributed by atoms with E-state index in [1.165, 1.54) is 11.2 Å². The number of ketones is 1. The molecular formula is C22H24N2O5. The first-order chi connectivity index (χ1) is 14.1. The van der Waals surface area contributed by atoms with Gasteiger partial charge in [0, 0.05) is 31.7 Å². The number of hydrogen-bond acceptors (Lipinski definition) is 6. The summed E-state index contributed by atoms with van der Waals surface area (Å²) < 4.78 is 10.9. The summed E-state index contributed by atoms with van der Waals surface area (Å²) in [6, 6.07) is 9.88. The van der Waals surface area contributed by atoms with E-state index in [2.05, 4.69) is 4.90 Å². The maximum Gasteiger partial charge on any atom is 0.295 e. The van der Waals surface area contributed by atoms with Crippen molar-refractivity contribution in [2.75, 3.05) is 39.4 Å². The topological polar surface area (TPSA) is 83.2 Å². The molecule has 1 amide bonds. The molecule has 0 saturated carbocycles. The van der Waals surface area contributed by atoms with Crippen LogP contribution in [0.5, 0.6) is 0 Å². The molecule has 1 aromatic heterocycles. The molecule has 4 rings (SSSR count). The van der Waals surface area contributed by atoms with E-state index < -0.39 is 17.7 Å². The van der Waals surface area contributed by atoms with Crippen LogP contribution in [-0.4, -0.2) is 66.0 Å². The molecule has 1 N–H and O–H groups in total. The lowest BCUT2D eigenvalue weighted by molar-refractivity contribution is -0.140. The number of Topliss-reactive ketones (excluding diaryl/α,β-unsaturated/α-hetero) is 1. The SMILES string of the molecule is Cc1ccc(C(O)=C2C(=O)C(=O)N(CCN3CCOCC3)[C@@H]2c2ccco2)cc1. The summed E-state index contributed by atoms with van der Waals surface area (Å²) in [5.41, 5.74) is 1.60. The Bertz CT molecular complexity index is 911. The molecule has 0 bridgehead atoms. The molecule has 7 heteroatoms. The maximum absolute atomic E-state index is 12.9. The van der Waals surface area contributed by atoms with E-state index in [4.69, 9.17) is 9.15 Å². The number of furan rings is 1. The summed E-state index contributed by atoms with van der Waals surface area (Å²) in [5, 5.41) is 10.9. The highest BCUT2D eigenvalue weighted by Gasteiger charge is 2.47. The largest absolute Gasteiger partial charge is 0.507 e. The van der Waals surface area contributed by atoms with Crippen molar-refractivity contribution in [3.63, 3.8) is 0 Å². The lowest BCUT2D eigenvalue weighted by Crippen LogP contribution is -2.42. The Hall–Kier alpha value is -2.90. The van der Waals surface area contributed by atoms with Crippen molar-refractivity contribution in [1.29, 1.82) is 0 Å². The molecule has 2 fully saturated rings. The minimum absolute atomic E-state index is 0.0655. The van der Waals surface area contributed by atoms with Crippen LogP contribution in [0.15, 0.2) is 52.7 Å². The monoisotopic (exact) mass is 396 g/mol. The van der Waals surface area contributed by atoms with Gasteiger partial charge in [-0.3, -0.25) is 14.5 Å². The summed E-state index contributed by atoms with van der Waals surface area (Å²) in [4.78, 5) is 29.4. The number of aliphatic hydroxyl groups excluding tert-OH is 1. The number of amides is 1. The van der Waals surface area contributed by atoms with Gasteiger partial charge in [0.25, 0.3) is 11.7 Å². The number of aliphatic hydroxyl groups is 1. The number of benzene rings is 1. The standard InChI is InChI=1S/C22H24N2O5/c1-15-4-6-16(7-5-15)20(25)18-19(17-3-2-12-29-17)24(22(27)21(18)26)9-8-23-10-13-28-14-11-23/h2-7,12,19,25H,8-11,13-14H2,1H3/t19-/m1/s1. The van der Waals surface area contributed by atoms with Crippen LogP contribution in [0.25, 0.3) is 5.76 Å². The second kappa shape index (κ2) is 8.23. The summed E-state index contributed by atoms with van der Waals surface area (Å²) in [7, 11) is 0. The van der Waals surface area contributed by atoms with Crippen LogP contribution in [-0.2, 0) is 14.3 Å². The van der Waals surface area contributed by atoms with Gasteiger partial charge >= 0.3 is 0 Å². The first-order valence-corrected chi connectivity index (χ1v) is 9.75. The highest BCUT2D eigenvalue weighted by Crippen LogP contribution is 2.39. The van der Waals surface area contributed by atoms with E-state index >= 15 is 0 Å². The zero-order valence-corrected chi connectivity index (χ0v) is 16.3. The maximum atomic E-state index is 12.9. The number of nitrogens with zero attached hydrogens (tertiary/aromatic N) is 2. The molecule has 2 aliphatic rings. The van der Waals surface area contributed by atoms with Gasteiger partial charge in [0.1, 0.15) is 17.6 Å². The molecule has 152 valence electrons. The smallest absolute Gasteiger partial charge is 0.295 e. The minimum atomic E-state index is -0.743. The number of aryl methyl sites for hydroxylation is 1. The summed E-state index contributed by atoms with van der Waals surface area (Å²) in [6.07, 6.45) is 1.50. The molecule has 2 saturated heterocycles. The molecule has 29 heavy (non-hydrogen) atoms. The second-order valence-corrected chi connectivity index (χ2v) is 7.33. The van der Waals surface area contributed by atoms with Gasteiger partial charge in [-0.05, 0) is 19.1 Å². The number of likely N-dealkylation sites (tertiary alicyclic amines) is 1. The molecule has 7 nitrogen and oxygen atoms in total. The lowest BCUT2D eigenvalue weighted by atomic mass is 9.99. The van der Waals surface area contributed by atoms with Crippen molar-refractivity contribution in [3.8, 4) is 0 Å². The second-order valence-electron chi connectivity index (χ2n) is 7.33. The molecular weight excluding hydrogens is 372 g/mol. The van der Waals surface area contributed by atoms with Crippen LogP contribution in [0.2, 0.25) is 0 Å². The fraction of sp³-hybridized carbons (Fsp3) is 0.364. The van der Waals surface area contributed by atoms with E-state index in [-0.39, 0.29) is 11.3 Å². The van der Waals surface area contributed by atoms with Crippen molar-refractivity contribution in [1.82, 2.24) is 9.80 Å². The van der Waals surface area contributed by atoms with E-state index in [0.717, 1.165) is 18.7 Å². The summed E-state index contributed by atoms with van der Waals surface area (Å²) >= 11 is 0. The Labute approximate surface area is 169 Å². The molecule has 0 radical (unpaired) electrons. The van der Waals surface area contributed by atoms with E-state index in [0.29, 0.717) is 37.6 Å². The number of rotatable bonds is 5. The molecule has 0 unspecified atom stereocenters. The van der Waals surface area contributed by atoms with Gasteiger partial charge in [-0.1, -0.05) is 29.8 Å². The van der Waals surface area contributed by atoms with Gasteiger partial charge in [-0.25, -0.2) is 0 Å². The van der Waals surface area contributed by atoms with Crippen LogP contribution in [0.3, 0.4) is 0 Å². The van der Waals surface area contributed by atoms with Crippen LogP contribution in [0.4, 0.5) is 0 Å². The number of ether oxygens (including phenoxy) is 1. The van der Waals surface area contributed by atoms with Gasteiger partial charge in [0.05, 0.1) is 25.1 Å². The quantitative estimate of drug-likeness (QED) is 0.475. The van der Waals surface area contributed by atoms with Crippen LogP contribution < -0.4 is 0 Å². The molecule has 0 spiro atoms. The molecule has 1 atom stereocenters. The predicted octanol–water partition coefficient (Wildman–Crippen LogP) is 2.34.